The number of aliphatic hydroxyl groups excluding tert-OH is 1. The highest BCUT2D eigenvalue weighted by Gasteiger charge is 1.58. The first-order valence-corrected chi connectivity index (χ1v) is 3.36. The molecule has 0 aliphatic carbocycles. The minimum atomic E-state index is 0.250. The zero-order valence-corrected chi connectivity index (χ0v) is 8.10. The van der Waals surface area contributed by atoms with Gasteiger partial charge in [0, 0.05) is 6.61 Å². The van der Waals surface area contributed by atoms with Crippen LogP contribution in [0.2, 0.25) is 0 Å². The van der Waals surface area contributed by atoms with Gasteiger partial charge in [0.05, 0.1) is 0 Å². The van der Waals surface area contributed by atoms with Crippen LogP contribution in [0.3, 0.4) is 0 Å². The predicted molar refractivity (Wildman–Crippen MR) is 47.4 cm³/mol. The molecule has 0 aromatic heterocycles. The molecule has 0 spiro atoms. The van der Waals surface area contributed by atoms with E-state index in [1.54, 1.807) is 6.92 Å². The van der Waals surface area contributed by atoms with Gasteiger partial charge in [0.25, 0.3) is 0 Å². The lowest BCUT2D eigenvalue weighted by molar-refractivity contribution is 0.318. The molecule has 3 nitrogen and oxygen atoms in total. The fourth-order valence-corrected chi connectivity index (χ4v) is 0. The van der Waals surface area contributed by atoms with Crippen LogP contribution < -0.4 is 5.32 Å². The van der Waals surface area contributed by atoms with Crippen LogP contribution in [0.1, 0.15) is 6.92 Å². The topological polar surface area (TPSA) is 35.5 Å². The van der Waals surface area contributed by atoms with Gasteiger partial charge in [-0.15, -0.1) is 0 Å². The third-order valence-electron chi connectivity index (χ3n) is 0. The third-order valence-corrected chi connectivity index (χ3v) is 0. The lowest BCUT2D eigenvalue weighted by Gasteiger charge is -1.90. The zero-order chi connectivity index (χ0) is 8.99. The van der Waals surface area contributed by atoms with Gasteiger partial charge >= 0.3 is 0 Å². The van der Waals surface area contributed by atoms with Crippen LogP contribution in [-0.4, -0.2) is 51.9 Å². The highest BCUT2D eigenvalue weighted by molar-refractivity contribution is 4.09. The molecule has 0 aromatic carbocycles. The van der Waals surface area contributed by atoms with Gasteiger partial charge in [0.2, 0.25) is 0 Å². The van der Waals surface area contributed by atoms with Crippen LogP contribution in [-0.2, 0) is 0 Å². The number of nitrogens with zero attached hydrogens (tertiary/aromatic N) is 1. The summed E-state index contributed by atoms with van der Waals surface area (Å²) >= 11 is 0. The molecule has 0 saturated carbocycles. The van der Waals surface area contributed by atoms with Crippen LogP contribution in [0.25, 0.3) is 0 Å². The summed E-state index contributed by atoms with van der Waals surface area (Å²) in [5.41, 5.74) is 0. The Morgan fingerprint density at radius 1 is 1.20 bits per heavy atom. The van der Waals surface area contributed by atoms with Gasteiger partial charge in [0.15, 0.2) is 0 Å². The normalized spacial score (nSPS) is 7.20. The molecule has 0 unspecified atom stereocenters. The Morgan fingerprint density at radius 3 is 1.20 bits per heavy atom. The molecule has 0 bridgehead atoms. The minimum absolute atomic E-state index is 0.250. The minimum Gasteiger partial charge on any atom is -0.397 e. The van der Waals surface area contributed by atoms with Crippen LogP contribution in [0.4, 0.5) is 0 Å². The number of nitrogens with one attached hydrogen (secondary N) is 1. The second-order valence-corrected chi connectivity index (χ2v) is 2.16. The van der Waals surface area contributed by atoms with Gasteiger partial charge in [-0.2, -0.15) is 0 Å². The Labute approximate surface area is 65.0 Å². The second-order valence-electron chi connectivity index (χ2n) is 2.16. The van der Waals surface area contributed by atoms with Crippen molar-refractivity contribution in [1.29, 1.82) is 0 Å². The first kappa shape index (κ1) is 16.5. The van der Waals surface area contributed by atoms with E-state index in [9.17, 15) is 0 Å². The molecule has 0 aromatic rings. The van der Waals surface area contributed by atoms with E-state index in [0.29, 0.717) is 0 Å². The summed E-state index contributed by atoms with van der Waals surface area (Å²) in [6, 6.07) is 0. The maximum atomic E-state index is 7.57. The van der Waals surface area contributed by atoms with Gasteiger partial charge in [-0.25, -0.2) is 0 Å². The van der Waals surface area contributed by atoms with E-state index < -0.39 is 0 Å². The molecule has 3 heteroatoms. The Hall–Kier alpha value is -0.120. The van der Waals surface area contributed by atoms with Gasteiger partial charge in [-0.05, 0) is 42.2 Å². The van der Waals surface area contributed by atoms with Gasteiger partial charge < -0.3 is 15.3 Å². The molecule has 0 amide bonds. The predicted octanol–water partition coefficient (Wildman–Crippen LogP) is 0.0120. The molecular weight excluding hydrogens is 128 g/mol. The first-order valence-electron chi connectivity index (χ1n) is 3.36. The summed E-state index contributed by atoms with van der Waals surface area (Å²) in [7, 11) is 9.75. The zero-order valence-electron chi connectivity index (χ0n) is 8.10. The van der Waals surface area contributed by atoms with Crippen molar-refractivity contribution in [3.05, 3.63) is 0 Å². The van der Waals surface area contributed by atoms with E-state index in [1.165, 1.54) is 0 Å². The molecule has 66 valence electrons. The van der Waals surface area contributed by atoms with E-state index >= 15 is 0 Å². The monoisotopic (exact) mass is 150 g/mol. The van der Waals surface area contributed by atoms with Crippen LogP contribution in [0, 0.1) is 0 Å². The van der Waals surface area contributed by atoms with E-state index in [-0.39, 0.29) is 6.61 Å². The third kappa shape index (κ3) is 25900. The maximum absolute atomic E-state index is 7.57. The molecular formula is C7H22N2O. The summed E-state index contributed by atoms with van der Waals surface area (Å²) in [5, 5.41) is 10.3. The molecule has 10 heavy (non-hydrogen) atoms. The van der Waals surface area contributed by atoms with Crippen molar-refractivity contribution < 1.29 is 5.11 Å². The summed E-state index contributed by atoms with van der Waals surface area (Å²) < 4.78 is 0. The summed E-state index contributed by atoms with van der Waals surface area (Å²) in [6.07, 6.45) is 0. The molecule has 0 radical (unpaired) electrons. The molecule has 0 fully saturated rings. The smallest absolute Gasteiger partial charge is 0.0402 e. The van der Waals surface area contributed by atoms with Crippen LogP contribution in [0.15, 0.2) is 0 Å². The molecule has 0 aliphatic heterocycles. The quantitative estimate of drug-likeness (QED) is 0.511. The molecule has 0 rings (SSSR count). The first-order chi connectivity index (χ1) is 4.56. The highest BCUT2D eigenvalue weighted by Crippen LogP contribution is 1.47. The van der Waals surface area contributed by atoms with E-state index in [4.69, 9.17) is 5.11 Å². The van der Waals surface area contributed by atoms with Crippen molar-refractivity contribution in [2.75, 3.05) is 41.8 Å². The average Bonchev–Trinajstić information content (AvgIpc) is 1.65. The summed E-state index contributed by atoms with van der Waals surface area (Å²) in [5.74, 6) is 0. The van der Waals surface area contributed by atoms with Crippen LogP contribution >= 0.6 is 0 Å². The van der Waals surface area contributed by atoms with Crippen molar-refractivity contribution in [2.45, 2.75) is 6.92 Å². The van der Waals surface area contributed by atoms with E-state index in [1.807, 2.05) is 40.1 Å². The lowest BCUT2D eigenvalue weighted by Crippen LogP contribution is -1.99. The molecule has 0 saturated heterocycles. The van der Waals surface area contributed by atoms with Crippen molar-refractivity contribution >= 4 is 0 Å². The molecule has 0 aliphatic rings. The van der Waals surface area contributed by atoms with E-state index in [2.05, 4.69) is 5.32 Å². The SMILES string of the molecule is CCO.CN(C)C.CNC. The second kappa shape index (κ2) is 23.2. The van der Waals surface area contributed by atoms with Crippen molar-refractivity contribution in [3.63, 3.8) is 0 Å². The van der Waals surface area contributed by atoms with Crippen molar-refractivity contribution in [3.8, 4) is 0 Å². The maximum Gasteiger partial charge on any atom is 0.0402 e. The Bertz CT molecular complexity index is 28.0. The number of aliphatic hydroxyl groups is 1. The van der Waals surface area contributed by atoms with Crippen molar-refractivity contribution in [2.24, 2.45) is 0 Å². The number of rotatable bonds is 0. The fraction of sp³-hybridized carbons (Fsp3) is 1.00. The Balaban J connectivity index is -0.0000000750. The average molecular weight is 150 g/mol. The molecule has 0 atom stereocenters. The Kier molecular flexibility index (Phi) is 38.1. The Morgan fingerprint density at radius 2 is 1.20 bits per heavy atom. The summed E-state index contributed by atoms with van der Waals surface area (Å²) in [4.78, 5) is 2.00. The summed E-state index contributed by atoms with van der Waals surface area (Å²) in [6.45, 7) is 1.93. The lowest BCUT2D eigenvalue weighted by atomic mass is 10.9. The van der Waals surface area contributed by atoms with Gasteiger partial charge in [-0.1, -0.05) is 0 Å². The van der Waals surface area contributed by atoms with E-state index in [0.717, 1.165) is 0 Å². The molecule has 2 N–H and O–H groups in total. The van der Waals surface area contributed by atoms with Crippen molar-refractivity contribution in [1.82, 2.24) is 10.2 Å². The van der Waals surface area contributed by atoms with Gasteiger partial charge in [-0.3, -0.25) is 0 Å². The van der Waals surface area contributed by atoms with Gasteiger partial charge in [0.1, 0.15) is 0 Å². The fourth-order valence-electron chi connectivity index (χ4n) is 0. The largest absolute Gasteiger partial charge is 0.397 e. The van der Waals surface area contributed by atoms with Crippen LogP contribution in [0.5, 0.6) is 0 Å². The standard InChI is InChI=1S/C3H9N.C2H7N.C2H6O/c1-4(2)3;1-3-2;1-2-3/h1-3H3;3H,1-2H3;3H,2H2,1H3. The highest BCUT2D eigenvalue weighted by atomic mass is 16.2. The number of hydrogen-bond acceptors (Lipinski definition) is 3. The number of hydrogen-bond donors (Lipinski definition) is 2. The molecule has 0 heterocycles.